The number of hydrogen-bond donors (Lipinski definition) is 1. The third-order valence-corrected chi connectivity index (χ3v) is 7.57. The van der Waals surface area contributed by atoms with Crippen LogP contribution in [-0.2, 0) is 16.6 Å². The van der Waals surface area contributed by atoms with E-state index in [1.165, 1.54) is 37.0 Å². The van der Waals surface area contributed by atoms with Crippen molar-refractivity contribution in [1.82, 2.24) is 9.21 Å². The Hall–Kier alpha value is -0.470. The Morgan fingerprint density at radius 2 is 1.86 bits per heavy atom. The van der Waals surface area contributed by atoms with Gasteiger partial charge in [0.1, 0.15) is 0 Å². The van der Waals surface area contributed by atoms with Crippen molar-refractivity contribution in [3.05, 3.63) is 16.3 Å². The third kappa shape index (κ3) is 3.17. The van der Waals surface area contributed by atoms with E-state index in [2.05, 4.69) is 4.90 Å². The summed E-state index contributed by atoms with van der Waals surface area (Å²) in [5.74, 6) is 0. The fourth-order valence-corrected chi connectivity index (χ4v) is 5.90. The average molecular weight is 329 g/mol. The third-order valence-electron chi connectivity index (χ3n) is 4.58. The van der Waals surface area contributed by atoms with Crippen LogP contribution in [0.2, 0.25) is 0 Å². The second kappa shape index (κ2) is 6.34. The fourth-order valence-electron chi connectivity index (χ4n) is 3.33. The minimum atomic E-state index is -3.34. The number of thiophene rings is 1. The summed E-state index contributed by atoms with van der Waals surface area (Å²) in [5, 5.41) is 1.71. The zero-order valence-electron chi connectivity index (χ0n) is 12.2. The lowest BCUT2D eigenvalue weighted by molar-refractivity contribution is 0.139. The van der Waals surface area contributed by atoms with E-state index in [0.29, 0.717) is 30.6 Å². The first-order valence-electron chi connectivity index (χ1n) is 7.63. The van der Waals surface area contributed by atoms with Gasteiger partial charge in [-0.1, -0.05) is 12.8 Å². The Morgan fingerprint density at radius 1 is 1.19 bits per heavy atom. The molecule has 0 radical (unpaired) electrons. The minimum absolute atomic E-state index is 0.398. The van der Waals surface area contributed by atoms with Crippen LogP contribution in [0.1, 0.15) is 30.6 Å². The summed E-state index contributed by atoms with van der Waals surface area (Å²) < 4.78 is 26.9. The predicted octanol–water partition coefficient (Wildman–Crippen LogP) is 1.46. The first-order chi connectivity index (χ1) is 10.1. The monoisotopic (exact) mass is 329 g/mol. The molecular weight excluding hydrogens is 306 g/mol. The van der Waals surface area contributed by atoms with Crippen molar-refractivity contribution in [2.24, 2.45) is 5.73 Å². The molecule has 1 aromatic rings. The molecular formula is C14H23N3O2S2. The highest BCUT2D eigenvalue weighted by molar-refractivity contribution is 7.89. The van der Waals surface area contributed by atoms with Crippen LogP contribution in [-0.4, -0.2) is 49.8 Å². The van der Waals surface area contributed by atoms with Crippen molar-refractivity contribution in [3.8, 4) is 0 Å². The molecule has 1 saturated heterocycles. The van der Waals surface area contributed by atoms with Gasteiger partial charge in [-0.3, -0.25) is 4.90 Å². The zero-order valence-corrected chi connectivity index (χ0v) is 13.8. The van der Waals surface area contributed by atoms with E-state index in [0.717, 1.165) is 18.0 Å². The summed E-state index contributed by atoms with van der Waals surface area (Å²) in [6.07, 6.45) is 5.19. The first kappa shape index (κ1) is 15.4. The summed E-state index contributed by atoms with van der Waals surface area (Å²) in [6.45, 7) is 3.32. The molecule has 0 unspecified atom stereocenters. The molecule has 1 aromatic heterocycles. The molecule has 5 nitrogen and oxygen atoms in total. The Morgan fingerprint density at radius 3 is 2.43 bits per heavy atom. The largest absolute Gasteiger partial charge is 0.326 e. The number of sulfonamides is 1. The molecule has 3 rings (SSSR count). The minimum Gasteiger partial charge on any atom is -0.326 e. The summed E-state index contributed by atoms with van der Waals surface area (Å²) in [4.78, 5) is 3.79. The van der Waals surface area contributed by atoms with Crippen LogP contribution in [0.25, 0.3) is 0 Å². The lowest BCUT2D eigenvalue weighted by Crippen LogP contribution is -2.51. The molecule has 0 aromatic carbocycles. The molecule has 1 aliphatic carbocycles. The quantitative estimate of drug-likeness (QED) is 0.908. The summed E-state index contributed by atoms with van der Waals surface area (Å²) >= 11 is 1.42. The molecule has 1 aliphatic heterocycles. The SMILES string of the molecule is NCc1cc(S(=O)(=O)N2CCN(C3CCCC3)CC2)cs1. The second-order valence-corrected chi connectivity index (χ2v) is 8.76. The standard InChI is InChI=1S/C14H23N3O2S2/c15-10-13-9-14(11-20-13)21(18,19)17-7-5-16(6-8-17)12-3-1-2-4-12/h9,11-12H,1-8,10,15H2. The highest BCUT2D eigenvalue weighted by Crippen LogP contribution is 2.27. The maximum absolute atomic E-state index is 12.6. The van der Waals surface area contributed by atoms with Gasteiger partial charge in [-0.15, -0.1) is 11.3 Å². The normalized spacial score (nSPS) is 22.9. The first-order valence-corrected chi connectivity index (χ1v) is 9.95. The molecule has 0 amide bonds. The van der Waals surface area contributed by atoms with Crippen molar-refractivity contribution in [3.63, 3.8) is 0 Å². The molecule has 2 heterocycles. The topological polar surface area (TPSA) is 66.6 Å². The second-order valence-electron chi connectivity index (χ2n) is 5.83. The Kier molecular flexibility index (Phi) is 4.66. The van der Waals surface area contributed by atoms with Crippen molar-refractivity contribution < 1.29 is 8.42 Å². The van der Waals surface area contributed by atoms with E-state index in [1.807, 2.05) is 0 Å². The molecule has 2 aliphatic rings. The number of rotatable bonds is 4. The highest BCUT2D eigenvalue weighted by Gasteiger charge is 2.32. The smallest absolute Gasteiger partial charge is 0.243 e. The van der Waals surface area contributed by atoms with E-state index in [-0.39, 0.29) is 0 Å². The van der Waals surface area contributed by atoms with Gasteiger partial charge < -0.3 is 5.73 Å². The van der Waals surface area contributed by atoms with Gasteiger partial charge in [0.05, 0.1) is 4.90 Å². The Balaban J connectivity index is 1.65. The summed E-state index contributed by atoms with van der Waals surface area (Å²) in [7, 11) is -3.34. The number of hydrogen-bond acceptors (Lipinski definition) is 5. The number of nitrogens with two attached hydrogens (primary N) is 1. The molecule has 0 atom stereocenters. The molecule has 0 spiro atoms. The van der Waals surface area contributed by atoms with Crippen LogP contribution in [0.15, 0.2) is 16.3 Å². The Labute approximate surface area is 130 Å². The van der Waals surface area contributed by atoms with Crippen molar-refractivity contribution in [1.29, 1.82) is 0 Å². The van der Waals surface area contributed by atoms with Crippen LogP contribution in [0.4, 0.5) is 0 Å². The maximum atomic E-state index is 12.6. The molecule has 7 heteroatoms. The molecule has 1 saturated carbocycles. The zero-order chi connectivity index (χ0) is 14.9. The molecule has 0 bridgehead atoms. The predicted molar refractivity (Wildman–Crippen MR) is 84.8 cm³/mol. The molecule has 118 valence electrons. The van der Waals surface area contributed by atoms with E-state index in [1.54, 1.807) is 15.8 Å². The van der Waals surface area contributed by atoms with E-state index in [4.69, 9.17) is 5.73 Å². The lowest BCUT2D eigenvalue weighted by Gasteiger charge is -2.37. The molecule has 2 fully saturated rings. The molecule has 2 N–H and O–H groups in total. The van der Waals surface area contributed by atoms with E-state index < -0.39 is 10.0 Å². The van der Waals surface area contributed by atoms with Gasteiger partial charge in [-0.05, 0) is 18.9 Å². The van der Waals surface area contributed by atoms with Gasteiger partial charge in [0, 0.05) is 49.0 Å². The fraction of sp³-hybridized carbons (Fsp3) is 0.714. The van der Waals surface area contributed by atoms with Crippen LogP contribution in [0.3, 0.4) is 0 Å². The number of nitrogens with zero attached hydrogens (tertiary/aromatic N) is 2. The average Bonchev–Trinajstić information content (AvgIpc) is 3.19. The van der Waals surface area contributed by atoms with Crippen LogP contribution < -0.4 is 5.73 Å². The van der Waals surface area contributed by atoms with E-state index >= 15 is 0 Å². The Bertz CT molecular complexity index is 571. The summed E-state index contributed by atoms with van der Waals surface area (Å²) in [6, 6.07) is 2.39. The van der Waals surface area contributed by atoms with Crippen molar-refractivity contribution >= 4 is 21.4 Å². The van der Waals surface area contributed by atoms with Crippen molar-refractivity contribution in [2.75, 3.05) is 26.2 Å². The van der Waals surface area contributed by atoms with Crippen molar-refractivity contribution in [2.45, 2.75) is 43.2 Å². The lowest BCUT2D eigenvalue weighted by atomic mass is 10.2. The van der Waals surface area contributed by atoms with Crippen LogP contribution >= 0.6 is 11.3 Å². The van der Waals surface area contributed by atoms with Gasteiger partial charge in [0.2, 0.25) is 10.0 Å². The van der Waals surface area contributed by atoms with Gasteiger partial charge >= 0.3 is 0 Å². The van der Waals surface area contributed by atoms with Gasteiger partial charge in [0.15, 0.2) is 0 Å². The van der Waals surface area contributed by atoms with Gasteiger partial charge in [-0.2, -0.15) is 4.31 Å². The van der Waals surface area contributed by atoms with Gasteiger partial charge in [0.25, 0.3) is 0 Å². The van der Waals surface area contributed by atoms with E-state index in [9.17, 15) is 8.42 Å². The summed E-state index contributed by atoms with van der Waals surface area (Å²) in [5.41, 5.74) is 5.57. The maximum Gasteiger partial charge on any atom is 0.243 e. The van der Waals surface area contributed by atoms with Crippen LogP contribution in [0.5, 0.6) is 0 Å². The highest BCUT2D eigenvalue weighted by atomic mass is 32.2. The van der Waals surface area contributed by atoms with Crippen LogP contribution in [0, 0.1) is 0 Å². The molecule has 21 heavy (non-hydrogen) atoms. The van der Waals surface area contributed by atoms with Gasteiger partial charge in [-0.25, -0.2) is 8.42 Å². The number of piperazine rings is 1.